The molecule has 0 aromatic heterocycles. The van der Waals surface area contributed by atoms with Crippen molar-refractivity contribution in [1.29, 1.82) is 0 Å². The van der Waals surface area contributed by atoms with Crippen LogP contribution in [0.25, 0.3) is 0 Å². The third-order valence-electron chi connectivity index (χ3n) is 4.25. The van der Waals surface area contributed by atoms with Gasteiger partial charge in [0.1, 0.15) is 0 Å². The van der Waals surface area contributed by atoms with Gasteiger partial charge in [-0.2, -0.15) is 0 Å². The zero-order valence-corrected chi connectivity index (χ0v) is 8.14. The van der Waals surface area contributed by atoms with E-state index < -0.39 is 0 Å². The maximum atomic E-state index is 5.82. The van der Waals surface area contributed by atoms with Gasteiger partial charge in [0.25, 0.3) is 0 Å². The minimum atomic E-state index is 0.470. The molecule has 4 atom stereocenters. The number of hydrogen-bond donors (Lipinski definition) is 2. The van der Waals surface area contributed by atoms with Crippen LogP contribution >= 0.6 is 0 Å². The summed E-state index contributed by atoms with van der Waals surface area (Å²) < 4.78 is 0. The lowest BCUT2D eigenvalue weighted by Crippen LogP contribution is -2.40. The first-order chi connectivity index (χ1) is 5.69. The lowest BCUT2D eigenvalue weighted by molar-refractivity contribution is 0.176. The largest absolute Gasteiger partial charge is 0.330 e. The summed E-state index contributed by atoms with van der Waals surface area (Å²) in [5, 5.41) is 3.42. The quantitative estimate of drug-likeness (QED) is 0.645. The van der Waals surface area contributed by atoms with E-state index >= 15 is 0 Å². The minimum Gasteiger partial charge on any atom is -0.330 e. The van der Waals surface area contributed by atoms with Gasteiger partial charge in [0.05, 0.1) is 0 Å². The Morgan fingerprint density at radius 3 is 2.67 bits per heavy atom. The topological polar surface area (TPSA) is 38.0 Å². The number of nitrogens with one attached hydrogen (secondary N) is 1. The van der Waals surface area contributed by atoms with Crippen molar-refractivity contribution in [2.75, 3.05) is 13.6 Å². The number of nitrogens with two attached hydrogens (primary N) is 1. The van der Waals surface area contributed by atoms with Crippen molar-refractivity contribution in [1.82, 2.24) is 5.32 Å². The molecule has 2 aliphatic carbocycles. The van der Waals surface area contributed by atoms with Crippen LogP contribution in [-0.2, 0) is 0 Å². The van der Waals surface area contributed by atoms with E-state index in [9.17, 15) is 0 Å². The minimum absolute atomic E-state index is 0.470. The molecule has 70 valence electrons. The van der Waals surface area contributed by atoms with Crippen molar-refractivity contribution >= 4 is 0 Å². The first-order valence-corrected chi connectivity index (χ1v) is 5.07. The molecule has 2 fully saturated rings. The SMILES string of the molecule is CNC1CC2CC1CC2(C)CN. The fraction of sp³-hybridized carbons (Fsp3) is 1.00. The maximum Gasteiger partial charge on any atom is 0.00954 e. The Kier molecular flexibility index (Phi) is 1.92. The van der Waals surface area contributed by atoms with E-state index in [1.807, 2.05) is 0 Å². The monoisotopic (exact) mass is 168 g/mol. The van der Waals surface area contributed by atoms with E-state index in [2.05, 4.69) is 19.3 Å². The molecule has 4 unspecified atom stereocenters. The Morgan fingerprint density at radius 2 is 2.25 bits per heavy atom. The molecule has 0 radical (unpaired) electrons. The summed E-state index contributed by atoms with van der Waals surface area (Å²) in [7, 11) is 2.09. The van der Waals surface area contributed by atoms with E-state index in [0.717, 1.165) is 24.4 Å². The number of hydrogen-bond acceptors (Lipinski definition) is 2. The van der Waals surface area contributed by atoms with Gasteiger partial charge in [-0.1, -0.05) is 6.92 Å². The Bertz CT molecular complexity index is 181. The Balaban J connectivity index is 2.07. The summed E-state index contributed by atoms with van der Waals surface area (Å²) in [5.41, 5.74) is 6.29. The second kappa shape index (κ2) is 2.71. The molecule has 2 rings (SSSR count). The van der Waals surface area contributed by atoms with Crippen molar-refractivity contribution in [3.05, 3.63) is 0 Å². The summed E-state index contributed by atoms with van der Waals surface area (Å²) in [4.78, 5) is 0. The summed E-state index contributed by atoms with van der Waals surface area (Å²) in [6.45, 7) is 3.24. The molecule has 12 heavy (non-hydrogen) atoms. The van der Waals surface area contributed by atoms with Crippen LogP contribution in [0.5, 0.6) is 0 Å². The van der Waals surface area contributed by atoms with Gasteiger partial charge in [0.2, 0.25) is 0 Å². The molecule has 0 aliphatic heterocycles. The van der Waals surface area contributed by atoms with E-state index in [1.54, 1.807) is 0 Å². The molecule has 2 aliphatic rings. The van der Waals surface area contributed by atoms with Crippen LogP contribution < -0.4 is 11.1 Å². The first kappa shape index (κ1) is 8.52. The van der Waals surface area contributed by atoms with Crippen LogP contribution in [0.2, 0.25) is 0 Å². The predicted molar refractivity (Wildman–Crippen MR) is 50.8 cm³/mol. The normalized spacial score (nSPS) is 51.8. The van der Waals surface area contributed by atoms with Crippen LogP contribution in [0.15, 0.2) is 0 Å². The number of rotatable bonds is 2. The van der Waals surface area contributed by atoms with Crippen molar-refractivity contribution in [3.63, 3.8) is 0 Å². The smallest absolute Gasteiger partial charge is 0.00954 e. The fourth-order valence-electron chi connectivity index (χ4n) is 3.29. The highest BCUT2D eigenvalue weighted by Crippen LogP contribution is 2.55. The molecule has 0 amide bonds. The third-order valence-corrected chi connectivity index (χ3v) is 4.25. The average molecular weight is 168 g/mol. The molecule has 0 saturated heterocycles. The van der Waals surface area contributed by atoms with E-state index in [1.165, 1.54) is 19.3 Å². The van der Waals surface area contributed by atoms with Crippen molar-refractivity contribution in [2.24, 2.45) is 23.0 Å². The molecule has 0 aromatic carbocycles. The van der Waals surface area contributed by atoms with Gasteiger partial charge in [0.15, 0.2) is 0 Å². The Hall–Kier alpha value is -0.0800. The summed E-state index contributed by atoms with van der Waals surface area (Å²) >= 11 is 0. The Labute approximate surface area is 74.9 Å². The van der Waals surface area contributed by atoms with Crippen LogP contribution in [0.1, 0.15) is 26.2 Å². The summed E-state index contributed by atoms with van der Waals surface area (Å²) in [6, 6.07) is 0.787. The average Bonchev–Trinajstić information content (AvgIpc) is 2.60. The highest BCUT2D eigenvalue weighted by Gasteiger charge is 2.51. The molecule has 0 heterocycles. The fourth-order valence-corrected chi connectivity index (χ4v) is 3.29. The van der Waals surface area contributed by atoms with Gasteiger partial charge in [-0.3, -0.25) is 0 Å². The lowest BCUT2D eigenvalue weighted by Gasteiger charge is -2.36. The molecule has 2 saturated carbocycles. The van der Waals surface area contributed by atoms with Crippen molar-refractivity contribution in [3.8, 4) is 0 Å². The van der Waals surface area contributed by atoms with Crippen LogP contribution in [0.3, 0.4) is 0 Å². The summed E-state index contributed by atoms with van der Waals surface area (Å²) in [5.74, 6) is 1.80. The molecular weight excluding hydrogens is 148 g/mol. The van der Waals surface area contributed by atoms with Crippen LogP contribution in [0, 0.1) is 17.3 Å². The van der Waals surface area contributed by atoms with Gasteiger partial charge in [-0.25, -0.2) is 0 Å². The highest BCUT2D eigenvalue weighted by molar-refractivity contribution is 5.04. The number of fused-ring (bicyclic) bond motifs is 2. The van der Waals surface area contributed by atoms with E-state index in [4.69, 9.17) is 5.73 Å². The van der Waals surface area contributed by atoms with E-state index in [0.29, 0.717) is 5.41 Å². The second-order valence-corrected chi connectivity index (χ2v) is 4.89. The van der Waals surface area contributed by atoms with Crippen LogP contribution in [0.4, 0.5) is 0 Å². The van der Waals surface area contributed by atoms with E-state index in [-0.39, 0.29) is 0 Å². The van der Waals surface area contributed by atoms with Crippen molar-refractivity contribution < 1.29 is 0 Å². The molecule has 0 spiro atoms. The lowest BCUT2D eigenvalue weighted by atomic mass is 9.73. The summed E-state index contributed by atoms with van der Waals surface area (Å²) in [6.07, 6.45) is 4.12. The molecule has 2 heteroatoms. The molecule has 2 bridgehead atoms. The molecule has 3 N–H and O–H groups in total. The van der Waals surface area contributed by atoms with Gasteiger partial charge >= 0.3 is 0 Å². The van der Waals surface area contributed by atoms with Gasteiger partial charge in [-0.15, -0.1) is 0 Å². The highest BCUT2D eigenvalue weighted by atomic mass is 14.9. The Morgan fingerprint density at radius 1 is 1.50 bits per heavy atom. The van der Waals surface area contributed by atoms with Crippen molar-refractivity contribution in [2.45, 2.75) is 32.2 Å². The second-order valence-electron chi connectivity index (χ2n) is 4.89. The van der Waals surface area contributed by atoms with Gasteiger partial charge in [0, 0.05) is 6.04 Å². The first-order valence-electron chi connectivity index (χ1n) is 5.07. The van der Waals surface area contributed by atoms with Gasteiger partial charge < -0.3 is 11.1 Å². The third kappa shape index (κ3) is 1.01. The zero-order chi connectivity index (χ0) is 8.77. The van der Waals surface area contributed by atoms with Gasteiger partial charge in [-0.05, 0) is 50.1 Å². The zero-order valence-electron chi connectivity index (χ0n) is 8.14. The van der Waals surface area contributed by atoms with Crippen LogP contribution in [-0.4, -0.2) is 19.6 Å². The maximum absolute atomic E-state index is 5.82. The predicted octanol–water partition coefficient (Wildman–Crippen LogP) is 0.969. The standard InChI is InChI=1S/C10H20N2/c1-10(6-11)5-7-3-8(10)4-9(7)12-2/h7-9,12H,3-6,11H2,1-2H3. The molecule has 2 nitrogen and oxygen atoms in total. The molecular formula is C10H20N2. The molecule has 0 aromatic rings.